The Kier molecular flexibility index (Phi) is 3.05. The summed E-state index contributed by atoms with van der Waals surface area (Å²) in [7, 11) is 1.62. The minimum absolute atomic E-state index is 0.0758. The maximum Gasteiger partial charge on any atom is 0.225 e. The van der Waals surface area contributed by atoms with Crippen LogP contribution in [0.3, 0.4) is 0 Å². The fourth-order valence-electron chi connectivity index (χ4n) is 1.36. The lowest BCUT2D eigenvalue weighted by atomic mass is 10.1. The van der Waals surface area contributed by atoms with Crippen molar-refractivity contribution in [1.82, 2.24) is 9.69 Å². The fourth-order valence-corrected chi connectivity index (χ4v) is 2.34. The number of hydrogen-bond donors (Lipinski definition) is 1. The molecule has 1 aliphatic rings. The van der Waals surface area contributed by atoms with Gasteiger partial charge in [-0.2, -0.15) is 4.37 Å². The summed E-state index contributed by atoms with van der Waals surface area (Å²) in [5.74, 6) is 0.669. The Morgan fingerprint density at radius 2 is 2.57 bits per heavy atom. The molecule has 5 heteroatoms. The van der Waals surface area contributed by atoms with Crippen molar-refractivity contribution in [2.45, 2.75) is 5.38 Å². The Morgan fingerprint density at radius 1 is 1.71 bits per heavy atom. The Morgan fingerprint density at radius 3 is 3.21 bits per heavy atom. The monoisotopic (exact) mass is 230 g/mol. The molecule has 2 heterocycles. The van der Waals surface area contributed by atoms with E-state index in [1.807, 2.05) is 6.07 Å². The molecule has 0 saturated heterocycles. The van der Waals surface area contributed by atoms with Crippen molar-refractivity contribution in [3.05, 3.63) is 17.0 Å². The molecule has 0 amide bonds. The van der Waals surface area contributed by atoms with Gasteiger partial charge in [-0.15, -0.1) is 11.6 Å². The van der Waals surface area contributed by atoms with Gasteiger partial charge >= 0.3 is 0 Å². The normalized spacial score (nSPS) is 21.9. The molecule has 1 unspecified atom stereocenters. The van der Waals surface area contributed by atoms with Gasteiger partial charge in [0.25, 0.3) is 0 Å². The van der Waals surface area contributed by atoms with E-state index in [1.165, 1.54) is 17.1 Å². The van der Waals surface area contributed by atoms with E-state index in [-0.39, 0.29) is 5.38 Å². The number of halogens is 1. The number of ether oxygens (including phenoxy) is 1. The van der Waals surface area contributed by atoms with E-state index in [2.05, 4.69) is 15.8 Å². The Balaban J connectivity index is 2.21. The minimum atomic E-state index is 0.0758. The predicted molar refractivity (Wildman–Crippen MR) is 59.2 cm³/mol. The first-order chi connectivity index (χ1) is 6.79. The van der Waals surface area contributed by atoms with E-state index in [1.54, 1.807) is 7.11 Å². The van der Waals surface area contributed by atoms with E-state index >= 15 is 0 Å². The van der Waals surface area contributed by atoms with Crippen molar-refractivity contribution >= 4 is 28.7 Å². The molecule has 0 radical (unpaired) electrons. The van der Waals surface area contributed by atoms with Crippen LogP contribution in [0.25, 0.3) is 5.57 Å². The lowest BCUT2D eigenvalue weighted by molar-refractivity contribution is 0.402. The number of methoxy groups -OCH3 is 1. The zero-order valence-corrected chi connectivity index (χ0v) is 9.36. The number of alkyl halides is 1. The Bertz CT molecular complexity index is 350. The van der Waals surface area contributed by atoms with Crippen LogP contribution in [0.15, 0.2) is 12.1 Å². The second-order valence-corrected chi connectivity index (χ2v) is 4.44. The third-order valence-electron chi connectivity index (χ3n) is 2.05. The predicted octanol–water partition coefficient (Wildman–Crippen LogP) is 1.75. The second kappa shape index (κ2) is 4.29. The van der Waals surface area contributed by atoms with Crippen LogP contribution in [-0.2, 0) is 0 Å². The van der Waals surface area contributed by atoms with Crippen molar-refractivity contribution in [3.8, 4) is 5.88 Å². The van der Waals surface area contributed by atoms with Gasteiger partial charge in [-0.05, 0) is 17.1 Å². The highest BCUT2D eigenvalue weighted by Crippen LogP contribution is 2.26. The average Bonchev–Trinajstić information content (AvgIpc) is 2.66. The summed E-state index contributed by atoms with van der Waals surface area (Å²) in [6.45, 7) is 1.69. The molecule has 1 aromatic heterocycles. The molecule has 0 aliphatic carbocycles. The number of nitrogens with zero attached hydrogens (tertiary/aromatic N) is 1. The van der Waals surface area contributed by atoms with Crippen LogP contribution in [-0.4, -0.2) is 29.9 Å². The molecule has 1 atom stereocenters. The zero-order chi connectivity index (χ0) is 9.97. The molecule has 0 bridgehead atoms. The van der Waals surface area contributed by atoms with Crippen LogP contribution in [0, 0.1) is 0 Å². The molecule has 3 nitrogen and oxygen atoms in total. The van der Waals surface area contributed by atoms with Crippen LogP contribution in [0.1, 0.15) is 4.88 Å². The fraction of sp³-hybridized carbons (Fsp3) is 0.444. The summed E-state index contributed by atoms with van der Waals surface area (Å²) in [6.07, 6.45) is 2.07. The van der Waals surface area contributed by atoms with Crippen molar-refractivity contribution < 1.29 is 4.74 Å². The molecule has 1 N–H and O–H groups in total. The third-order valence-corrected chi connectivity index (χ3v) is 3.18. The van der Waals surface area contributed by atoms with Crippen molar-refractivity contribution in [2.75, 3.05) is 20.2 Å². The third kappa shape index (κ3) is 2.08. The molecule has 2 rings (SSSR count). The maximum absolute atomic E-state index is 6.02. The molecule has 76 valence electrons. The molecule has 1 aliphatic heterocycles. The van der Waals surface area contributed by atoms with Gasteiger partial charge in [-0.1, -0.05) is 6.08 Å². The minimum Gasteiger partial charge on any atom is -0.480 e. The summed E-state index contributed by atoms with van der Waals surface area (Å²) in [6, 6.07) is 1.94. The average molecular weight is 231 g/mol. The Hall–Kier alpha value is -0.580. The van der Waals surface area contributed by atoms with E-state index in [0.29, 0.717) is 5.88 Å². The highest BCUT2D eigenvalue weighted by atomic mass is 35.5. The quantitative estimate of drug-likeness (QED) is 0.786. The first-order valence-electron chi connectivity index (χ1n) is 4.36. The van der Waals surface area contributed by atoms with Gasteiger partial charge < -0.3 is 10.1 Å². The van der Waals surface area contributed by atoms with Crippen LogP contribution in [0.2, 0.25) is 0 Å². The topological polar surface area (TPSA) is 34.1 Å². The Labute approximate surface area is 91.9 Å². The first kappa shape index (κ1) is 9.96. The smallest absolute Gasteiger partial charge is 0.225 e. The van der Waals surface area contributed by atoms with Gasteiger partial charge in [0.1, 0.15) is 0 Å². The van der Waals surface area contributed by atoms with Gasteiger partial charge in [0.05, 0.1) is 17.4 Å². The summed E-state index contributed by atoms with van der Waals surface area (Å²) in [4.78, 5) is 1.12. The second-order valence-electron chi connectivity index (χ2n) is 3.07. The number of hydrogen-bond acceptors (Lipinski definition) is 4. The van der Waals surface area contributed by atoms with Crippen molar-refractivity contribution in [3.63, 3.8) is 0 Å². The highest BCUT2D eigenvalue weighted by molar-refractivity contribution is 7.07. The standard InChI is InChI=1S/C9H11ClN2OS/c1-13-9-3-8(14-12-9)6-2-7(10)5-11-4-6/h2-3,7,11H,4-5H2,1H3. The lowest BCUT2D eigenvalue weighted by Crippen LogP contribution is -2.28. The van der Waals surface area contributed by atoms with Crippen LogP contribution in [0.5, 0.6) is 5.88 Å². The lowest BCUT2D eigenvalue weighted by Gasteiger charge is -2.16. The van der Waals surface area contributed by atoms with Crippen LogP contribution < -0.4 is 10.1 Å². The van der Waals surface area contributed by atoms with E-state index in [9.17, 15) is 0 Å². The summed E-state index contributed by atoms with van der Waals surface area (Å²) < 4.78 is 9.17. The van der Waals surface area contributed by atoms with Gasteiger partial charge in [0.2, 0.25) is 5.88 Å². The van der Waals surface area contributed by atoms with Gasteiger partial charge in [-0.25, -0.2) is 0 Å². The maximum atomic E-state index is 6.02. The van der Waals surface area contributed by atoms with Gasteiger partial charge in [0.15, 0.2) is 0 Å². The van der Waals surface area contributed by atoms with E-state index < -0.39 is 0 Å². The number of rotatable bonds is 2. The van der Waals surface area contributed by atoms with Gasteiger partial charge in [0, 0.05) is 19.2 Å². The molecular weight excluding hydrogens is 220 g/mol. The molecule has 0 saturated carbocycles. The molecule has 1 aromatic rings. The highest BCUT2D eigenvalue weighted by Gasteiger charge is 2.14. The SMILES string of the molecule is COc1cc(C2=CC(Cl)CNC2)sn1. The number of nitrogens with one attached hydrogen (secondary N) is 1. The summed E-state index contributed by atoms with van der Waals surface area (Å²) in [5, 5.41) is 3.32. The van der Waals surface area contributed by atoms with Crippen molar-refractivity contribution in [2.24, 2.45) is 0 Å². The molecule has 0 fully saturated rings. The van der Waals surface area contributed by atoms with Crippen LogP contribution in [0.4, 0.5) is 0 Å². The van der Waals surface area contributed by atoms with Crippen LogP contribution >= 0.6 is 23.1 Å². The number of aromatic nitrogens is 1. The van der Waals surface area contributed by atoms with E-state index in [0.717, 1.165) is 18.0 Å². The van der Waals surface area contributed by atoms with Gasteiger partial charge in [-0.3, -0.25) is 0 Å². The summed E-state index contributed by atoms with van der Waals surface area (Å²) >= 11 is 7.46. The largest absolute Gasteiger partial charge is 0.480 e. The first-order valence-corrected chi connectivity index (χ1v) is 5.57. The zero-order valence-electron chi connectivity index (χ0n) is 7.79. The molecule has 14 heavy (non-hydrogen) atoms. The van der Waals surface area contributed by atoms with Crippen molar-refractivity contribution in [1.29, 1.82) is 0 Å². The molecular formula is C9H11ClN2OS. The molecule has 0 aromatic carbocycles. The summed E-state index contributed by atoms with van der Waals surface area (Å²) in [5.41, 5.74) is 1.21. The molecule has 0 spiro atoms. The van der Waals surface area contributed by atoms with E-state index in [4.69, 9.17) is 16.3 Å².